The van der Waals surface area contributed by atoms with Crippen molar-refractivity contribution in [1.29, 1.82) is 0 Å². The molecule has 3 rings (SSSR count). The molecule has 5 heteroatoms. The molecule has 0 fully saturated rings. The van der Waals surface area contributed by atoms with Crippen LogP contribution in [-0.4, -0.2) is 15.7 Å². The highest BCUT2D eigenvalue weighted by Crippen LogP contribution is 2.20. The zero-order valence-corrected chi connectivity index (χ0v) is 17.2. The number of aryl methyl sites for hydroxylation is 1. The number of rotatable bonds is 9. The maximum atomic E-state index is 4.53. The van der Waals surface area contributed by atoms with E-state index in [1.54, 1.807) is 18.0 Å². The van der Waals surface area contributed by atoms with Crippen molar-refractivity contribution < 1.29 is 0 Å². The van der Waals surface area contributed by atoms with E-state index in [2.05, 4.69) is 63.8 Å². The molecule has 0 saturated heterocycles. The number of hydrogen-bond donors (Lipinski definition) is 1. The Labute approximate surface area is 171 Å². The third kappa shape index (κ3) is 6.20. The van der Waals surface area contributed by atoms with Crippen molar-refractivity contribution in [1.82, 2.24) is 9.97 Å². The van der Waals surface area contributed by atoms with Gasteiger partial charge in [-0.1, -0.05) is 79.7 Å². The molecule has 28 heavy (non-hydrogen) atoms. The number of nitrogens with one attached hydrogen (secondary N) is 1. The molecule has 1 aromatic heterocycles. The average molecular weight is 391 g/mol. The Morgan fingerprint density at radius 2 is 1.79 bits per heavy atom. The van der Waals surface area contributed by atoms with Gasteiger partial charge in [-0.25, -0.2) is 9.97 Å². The molecule has 3 aromatic rings. The van der Waals surface area contributed by atoms with Crippen molar-refractivity contribution in [2.24, 2.45) is 5.10 Å². The third-order valence-electron chi connectivity index (χ3n) is 4.37. The molecule has 0 bridgehead atoms. The quantitative estimate of drug-likeness (QED) is 0.212. The monoisotopic (exact) mass is 390 g/mol. The lowest BCUT2D eigenvalue weighted by Gasteiger charge is -2.06. The molecule has 0 aliphatic carbocycles. The zero-order valence-electron chi connectivity index (χ0n) is 16.4. The number of aromatic nitrogens is 2. The van der Waals surface area contributed by atoms with Gasteiger partial charge in [-0.3, -0.25) is 5.43 Å². The van der Waals surface area contributed by atoms with Crippen LogP contribution in [0.1, 0.15) is 43.4 Å². The van der Waals surface area contributed by atoms with Crippen LogP contribution in [0.5, 0.6) is 0 Å². The fraction of sp³-hybridized carbons (Fsp3) is 0.261. The Morgan fingerprint density at radius 3 is 2.54 bits per heavy atom. The largest absolute Gasteiger partial charge is 0.261 e. The molecule has 4 nitrogen and oxygen atoms in total. The summed E-state index contributed by atoms with van der Waals surface area (Å²) in [5.41, 5.74) is 7.73. The standard InChI is InChI=1S/C23H26N4S/c1-3-4-8-19-11-13-21(14-12-19)18(2)26-27-22-15-16-24-23(25-22)28-17-20-9-6-5-7-10-20/h5-7,9-16H,3-4,8,17H2,1-2H3,(H,24,25,27)/b26-18+. The predicted octanol–water partition coefficient (Wildman–Crippen LogP) is 5.95. The Morgan fingerprint density at radius 1 is 1.00 bits per heavy atom. The van der Waals surface area contributed by atoms with Gasteiger partial charge in [-0.2, -0.15) is 5.10 Å². The maximum Gasteiger partial charge on any atom is 0.189 e. The highest BCUT2D eigenvalue weighted by Gasteiger charge is 2.02. The Balaban J connectivity index is 1.58. The number of unbranched alkanes of at least 4 members (excludes halogenated alkanes) is 1. The molecule has 1 N–H and O–H groups in total. The summed E-state index contributed by atoms with van der Waals surface area (Å²) in [6, 6.07) is 20.8. The van der Waals surface area contributed by atoms with Crippen molar-refractivity contribution in [2.45, 2.75) is 44.0 Å². The molecule has 0 saturated carbocycles. The van der Waals surface area contributed by atoms with Gasteiger partial charge < -0.3 is 0 Å². The first-order valence-electron chi connectivity index (χ1n) is 9.64. The SMILES string of the molecule is CCCCc1ccc(/C(C)=N/Nc2ccnc(SCc3ccccc3)n2)cc1. The minimum absolute atomic E-state index is 0.699. The summed E-state index contributed by atoms with van der Waals surface area (Å²) < 4.78 is 0. The van der Waals surface area contributed by atoms with Crippen LogP contribution in [0, 0.1) is 0 Å². The number of hydrazone groups is 1. The van der Waals surface area contributed by atoms with E-state index in [0.717, 1.165) is 28.6 Å². The predicted molar refractivity (Wildman–Crippen MR) is 119 cm³/mol. The van der Waals surface area contributed by atoms with Gasteiger partial charge in [0.2, 0.25) is 0 Å². The number of thioether (sulfide) groups is 1. The summed E-state index contributed by atoms with van der Waals surface area (Å²) in [6.07, 6.45) is 5.34. The molecule has 0 aliphatic rings. The summed E-state index contributed by atoms with van der Waals surface area (Å²) in [5, 5.41) is 5.22. The molecule has 2 aromatic carbocycles. The van der Waals surface area contributed by atoms with Crippen molar-refractivity contribution in [3.63, 3.8) is 0 Å². The zero-order chi connectivity index (χ0) is 19.6. The van der Waals surface area contributed by atoms with Crippen LogP contribution >= 0.6 is 11.8 Å². The van der Waals surface area contributed by atoms with Gasteiger partial charge in [0.1, 0.15) is 0 Å². The van der Waals surface area contributed by atoms with Crippen LogP contribution in [0.2, 0.25) is 0 Å². The Hall–Kier alpha value is -2.66. The first-order valence-corrected chi connectivity index (χ1v) is 10.6. The highest BCUT2D eigenvalue weighted by molar-refractivity contribution is 7.98. The summed E-state index contributed by atoms with van der Waals surface area (Å²) >= 11 is 1.62. The minimum atomic E-state index is 0.699. The lowest BCUT2D eigenvalue weighted by atomic mass is 10.0. The van der Waals surface area contributed by atoms with Gasteiger partial charge >= 0.3 is 0 Å². The second-order valence-corrected chi connectivity index (χ2v) is 7.55. The lowest BCUT2D eigenvalue weighted by Crippen LogP contribution is -2.02. The molecule has 0 radical (unpaired) electrons. The van der Waals surface area contributed by atoms with Gasteiger partial charge in [0.25, 0.3) is 0 Å². The first kappa shape index (κ1) is 20.1. The van der Waals surface area contributed by atoms with E-state index in [1.165, 1.54) is 24.0 Å². The fourth-order valence-electron chi connectivity index (χ4n) is 2.69. The normalized spacial score (nSPS) is 11.4. The molecule has 1 heterocycles. The number of hydrogen-bond acceptors (Lipinski definition) is 5. The number of anilines is 1. The van der Waals surface area contributed by atoms with Gasteiger partial charge in [0.15, 0.2) is 11.0 Å². The Bertz CT molecular complexity index is 892. The van der Waals surface area contributed by atoms with Crippen LogP contribution in [0.25, 0.3) is 0 Å². The van der Waals surface area contributed by atoms with Crippen LogP contribution in [0.3, 0.4) is 0 Å². The topological polar surface area (TPSA) is 50.2 Å². The van der Waals surface area contributed by atoms with E-state index >= 15 is 0 Å². The van der Waals surface area contributed by atoms with Crippen LogP contribution < -0.4 is 5.43 Å². The van der Waals surface area contributed by atoms with E-state index in [0.29, 0.717) is 5.82 Å². The van der Waals surface area contributed by atoms with Crippen molar-refractivity contribution >= 4 is 23.3 Å². The molecule has 0 aliphatic heterocycles. The molecular weight excluding hydrogens is 364 g/mol. The van der Waals surface area contributed by atoms with E-state index in [-0.39, 0.29) is 0 Å². The van der Waals surface area contributed by atoms with Crippen molar-refractivity contribution in [3.05, 3.63) is 83.6 Å². The molecule has 0 amide bonds. The third-order valence-corrected chi connectivity index (χ3v) is 5.31. The van der Waals surface area contributed by atoms with E-state index in [1.807, 2.05) is 31.2 Å². The fourth-order valence-corrected chi connectivity index (χ4v) is 3.48. The smallest absolute Gasteiger partial charge is 0.189 e. The van der Waals surface area contributed by atoms with Crippen LogP contribution in [-0.2, 0) is 12.2 Å². The Kier molecular flexibility index (Phi) is 7.62. The average Bonchev–Trinajstić information content (AvgIpc) is 2.76. The number of nitrogens with zero attached hydrogens (tertiary/aromatic N) is 3. The second kappa shape index (κ2) is 10.6. The summed E-state index contributed by atoms with van der Waals surface area (Å²) in [7, 11) is 0. The van der Waals surface area contributed by atoms with Crippen molar-refractivity contribution in [2.75, 3.05) is 5.43 Å². The molecule has 144 valence electrons. The van der Waals surface area contributed by atoms with E-state index in [4.69, 9.17) is 0 Å². The number of benzene rings is 2. The molecule has 0 atom stereocenters. The van der Waals surface area contributed by atoms with Gasteiger partial charge in [0, 0.05) is 18.0 Å². The van der Waals surface area contributed by atoms with Gasteiger partial charge in [-0.15, -0.1) is 0 Å². The second-order valence-electron chi connectivity index (χ2n) is 6.61. The molecule has 0 unspecified atom stereocenters. The first-order chi connectivity index (χ1) is 13.7. The maximum absolute atomic E-state index is 4.53. The van der Waals surface area contributed by atoms with Crippen LogP contribution in [0.4, 0.5) is 5.82 Å². The minimum Gasteiger partial charge on any atom is -0.261 e. The molecular formula is C23H26N4S. The van der Waals surface area contributed by atoms with Crippen molar-refractivity contribution in [3.8, 4) is 0 Å². The van der Waals surface area contributed by atoms with Gasteiger partial charge in [-0.05, 0) is 36.5 Å². The van der Waals surface area contributed by atoms with E-state index in [9.17, 15) is 0 Å². The van der Waals surface area contributed by atoms with Gasteiger partial charge in [0.05, 0.1) is 5.71 Å². The lowest BCUT2D eigenvalue weighted by molar-refractivity contribution is 0.795. The summed E-state index contributed by atoms with van der Waals surface area (Å²) in [4.78, 5) is 8.87. The van der Waals surface area contributed by atoms with Crippen LogP contribution in [0.15, 0.2) is 77.1 Å². The van der Waals surface area contributed by atoms with E-state index < -0.39 is 0 Å². The summed E-state index contributed by atoms with van der Waals surface area (Å²) in [5.74, 6) is 1.54. The molecule has 0 spiro atoms. The highest BCUT2D eigenvalue weighted by atomic mass is 32.2. The summed E-state index contributed by atoms with van der Waals surface area (Å²) in [6.45, 7) is 4.22.